The first-order valence-corrected chi connectivity index (χ1v) is 1.40. The lowest BCUT2D eigenvalue weighted by Gasteiger charge is -1.84. The molecule has 0 radical (unpaired) electrons. The van der Waals surface area contributed by atoms with E-state index < -0.39 is 0 Å². The Morgan fingerprint density at radius 1 is 1.60 bits per heavy atom. The van der Waals surface area contributed by atoms with Gasteiger partial charge in [0.15, 0.2) is 0 Å². The summed E-state index contributed by atoms with van der Waals surface area (Å²) in [7, 11) is 0. The van der Waals surface area contributed by atoms with Crippen LogP contribution in [-0.2, 0) is 0 Å². The Morgan fingerprint density at radius 3 is 2.00 bits per heavy atom. The Hall–Kier alpha value is -0.810. The molecule has 0 bridgehead atoms. The standard InChI is InChI=1S/C4H3N/c5-4-2-1-3-4/h2-3,5H. The van der Waals surface area contributed by atoms with E-state index in [0.29, 0.717) is 5.71 Å². The molecule has 0 spiro atoms. The predicted molar refractivity (Wildman–Crippen MR) is 20.4 cm³/mol. The smallest absolute Gasteiger partial charge is 0.0693 e. The van der Waals surface area contributed by atoms with E-state index in [1.807, 2.05) is 0 Å². The van der Waals surface area contributed by atoms with Crippen LogP contribution in [0.1, 0.15) is 0 Å². The molecule has 1 nitrogen and oxygen atoms in total. The van der Waals surface area contributed by atoms with Crippen LogP contribution in [0.5, 0.6) is 0 Å². The highest BCUT2D eigenvalue weighted by Crippen LogP contribution is 1.84. The first kappa shape index (κ1) is 2.43. The second kappa shape index (κ2) is 0.568. The molecular formula is C4H3N. The van der Waals surface area contributed by atoms with Crippen molar-refractivity contribution in [2.75, 3.05) is 0 Å². The molecule has 1 aliphatic carbocycles. The normalized spacial score (nSPS) is 15.6. The monoisotopic (exact) mass is 65.0 g/mol. The summed E-state index contributed by atoms with van der Waals surface area (Å²) in [5.41, 5.74) is 3.26. The van der Waals surface area contributed by atoms with Gasteiger partial charge in [0.05, 0.1) is 5.71 Å². The molecule has 1 rings (SSSR count). The molecule has 0 unspecified atom stereocenters. The molecule has 5 heavy (non-hydrogen) atoms. The van der Waals surface area contributed by atoms with Crippen molar-refractivity contribution in [1.82, 2.24) is 0 Å². The molecule has 1 N–H and O–H groups in total. The molecule has 1 heteroatoms. The lowest BCUT2D eigenvalue weighted by Crippen LogP contribution is -1.86. The molecule has 0 heterocycles. The number of rotatable bonds is 0. The summed E-state index contributed by atoms with van der Waals surface area (Å²) in [6.45, 7) is 0. The minimum atomic E-state index is 0.574. The van der Waals surface area contributed by atoms with Crippen molar-refractivity contribution in [3.8, 4) is 0 Å². The van der Waals surface area contributed by atoms with Gasteiger partial charge < -0.3 is 0 Å². The second-order valence-corrected chi connectivity index (χ2v) is 0.911. The summed E-state index contributed by atoms with van der Waals surface area (Å²) < 4.78 is 0. The van der Waals surface area contributed by atoms with E-state index in [4.69, 9.17) is 5.41 Å². The molecule has 0 amide bonds. The third-order valence-electron chi connectivity index (χ3n) is 0.478. The minimum Gasteiger partial charge on any atom is -0.300 e. The van der Waals surface area contributed by atoms with E-state index in [1.54, 1.807) is 12.2 Å². The third kappa shape index (κ3) is 0.168. The Balaban J connectivity index is 2.96. The fourth-order valence-electron chi connectivity index (χ4n) is 0.167. The van der Waals surface area contributed by atoms with Gasteiger partial charge in [-0.3, -0.25) is 5.41 Å². The number of nitrogens with one attached hydrogen (secondary N) is 1. The van der Waals surface area contributed by atoms with Crippen molar-refractivity contribution in [3.63, 3.8) is 0 Å². The molecule has 0 aliphatic heterocycles. The molecule has 0 aromatic rings. The van der Waals surface area contributed by atoms with Crippen LogP contribution < -0.4 is 0 Å². The van der Waals surface area contributed by atoms with Gasteiger partial charge in [-0.15, -0.1) is 5.73 Å². The summed E-state index contributed by atoms with van der Waals surface area (Å²) in [6.07, 6.45) is 3.25. The summed E-state index contributed by atoms with van der Waals surface area (Å²) in [4.78, 5) is 0. The minimum absolute atomic E-state index is 0.574. The Morgan fingerprint density at radius 2 is 2.00 bits per heavy atom. The summed E-state index contributed by atoms with van der Waals surface area (Å²) in [5.74, 6) is 0. The van der Waals surface area contributed by atoms with Crippen LogP contribution in [-0.4, -0.2) is 5.71 Å². The maximum absolute atomic E-state index is 6.66. The van der Waals surface area contributed by atoms with E-state index in [2.05, 4.69) is 5.73 Å². The van der Waals surface area contributed by atoms with Gasteiger partial charge in [0, 0.05) is 12.2 Å². The molecule has 0 aromatic heterocycles. The van der Waals surface area contributed by atoms with Gasteiger partial charge >= 0.3 is 0 Å². The van der Waals surface area contributed by atoms with Crippen LogP contribution in [0, 0.1) is 5.41 Å². The Bertz CT molecular complexity index is 106. The Labute approximate surface area is 30.1 Å². The average molecular weight is 65.1 g/mol. The first-order chi connectivity index (χ1) is 2.39. The van der Waals surface area contributed by atoms with Crippen LogP contribution in [0.3, 0.4) is 0 Å². The van der Waals surface area contributed by atoms with E-state index in [0.717, 1.165) is 0 Å². The zero-order chi connectivity index (χ0) is 3.70. The van der Waals surface area contributed by atoms with E-state index in [9.17, 15) is 0 Å². The molecule has 0 fully saturated rings. The number of hydrogen-bond acceptors (Lipinski definition) is 1. The van der Waals surface area contributed by atoms with Gasteiger partial charge in [-0.25, -0.2) is 0 Å². The first-order valence-electron chi connectivity index (χ1n) is 1.40. The van der Waals surface area contributed by atoms with Gasteiger partial charge in [0.2, 0.25) is 0 Å². The Kier molecular flexibility index (Phi) is 0.276. The summed E-state index contributed by atoms with van der Waals surface area (Å²) >= 11 is 0. The van der Waals surface area contributed by atoms with Crippen LogP contribution in [0.15, 0.2) is 17.9 Å². The molecule has 0 saturated carbocycles. The highest BCUT2D eigenvalue weighted by atomic mass is 14.4. The fourth-order valence-corrected chi connectivity index (χ4v) is 0.167. The van der Waals surface area contributed by atoms with E-state index >= 15 is 0 Å². The molecule has 0 aromatic carbocycles. The number of hydrogen-bond donors (Lipinski definition) is 1. The quantitative estimate of drug-likeness (QED) is 0.402. The van der Waals surface area contributed by atoms with Crippen molar-refractivity contribution < 1.29 is 0 Å². The predicted octanol–water partition coefficient (Wildman–Crippen LogP) is 0.731. The van der Waals surface area contributed by atoms with Gasteiger partial charge in [-0.05, 0) is 0 Å². The van der Waals surface area contributed by atoms with E-state index in [-0.39, 0.29) is 0 Å². The highest BCUT2D eigenvalue weighted by Gasteiger charge is 1.83. The number of allylic oxidation sites excluding steroid dienone is 1. The van der Waals surface area contributed by atoms with Crippen LogP contribution in [0.2, 0.25) is 0 Å². The maximum Gasteiger partial charge on any atom is 0.0693 e. The molecule has 24 valence electrons. The van der Waals surface area contributed by atoms with Gasteiger partial charge in [-0.1, -0.05) is 0 Å². The lowest BCUT2D eigenvalue weighted by atomic mass is 10.2. The zero-order valence-electron chi connectivity index (χ0n) is 2.65. The summed E-state index contributed by atoms with van der Waals surface area (Å²) in [5, 5.41) is 6.66. The maximum atomic E-state index is 6.66. The van der Waals surface area contributed by atoms with Crippen LogP contribution in [0.25, 0.3) is 0 Å². The van der Waals surface area contributed by atoms with Gasteiger partial charge in [0.25, 0.3) is 0 Å². The van der Waals surface area contributed by atoms with Crippen molar-refractivity contribution in [3.05, 3.63) is 17.9 Å². The van der Waals surface area contributed by atoms with Crippen molar-refractivity contribution in [2.24, 2.45) is 0 Å². The molecule has 0 saturated heterocycles. The fraction of sp³-hybridized carbons (Fsp3) is 0. The van der Waals surface area contributed by atoms with E-state index in [1.165, 1.54) is 0 Å². The van der Waals surface area contributed by atoms with Gasteiger partial charge in [-0.2, -0.15) is 0 Å². The van der Waals surface area contributed by atoms with Crippen molar-refractivity contribution >= 4 is 5.71 Å². The molecular weight excluding hydrogens is 62.1 g/mol. The molecule has 0 atom stereocenters. The highest BCUT2D eigenvalue weighted by molar-refractivity contribution is 6.06. The third-order valence-corrected chi connectivity index (χ3v) is 0.478. The van der Waals surface area contributed by atoms with Crippen molar-refractivity contribution in [1.29, 1.82) is 5.41 Å². The van der Waals surface area contributed by atoms with Crippen LogP contribution >= 0.6 is 0 Å². The largest absolute Gasteiger partial charge is 0.300 e. The topological polar surface area (TPSA) is 23.9 Å². The van der Waals surface area contributed by atoms with Crippen LogP contribution in [0.4, 0.5) is 0 Å². The van der Waals surface area contributed by atoms with Gasteiger partial charge in [0.1, 0.15) is 0 Å². The van der Waals surface area contributed by atoms with Crippen molar-refractivity contribution in [2.45, 2.75) is 0 Å². The SMILES string of the molecule is N=C1C=C=C1. The molecule has 1 aliphatic rings. The second-order valence-electron chi connectivity index (χ2n) is 0.911. The average Bonchev–Trinajstić information content (AvgIpc) is 1.30. The summed E-state index contributed by atoms with van der Waals surface area (Å²) in [6, 6.07) is 0. The zero-order valence-corrected chi connectivity index (χ0v) is 2.65. The lowest BCUT2D eigenvalue weighted by molar-refractivity contribution is 1.52.